The summed E-state index contributed by atoms with van der Waals surface area (Å²) in [5.74, 6) is -2.28. The van der Waals surface area contributed by atoms with Crippen molar-refractivity contribution in [3.05, 3.63) is 53.2 Å². The van der Waals surface area contributed by atoms with Crippen molar-refractivity contribution in [3.63, 3.8) is 0 Å². The van der Waals surface area contributed by atoms with Crippen LogP contribution in [-0.2, 0) is 16.0 Å². The number of carbonyl (C=O) groups excluding carboxylic acids is 2. The van der Waals surface area contributed by atoms with Crippen LogP contribution in [0.25, 0.3) is 0 Å². The Morgan fingerprint density at radius 1 is 1.21 bits per heavy atom. The minimum atomic E-state index is -1.08. The molecule has 0 bridgehead atoms. The SMILES string of the molecule is COC(=O)c1cc(NC(=O)NCc2ccnc(N3CCOCC3)c2)c(F)cc1F. The highest BCUT2D eigenvalue weighted by Gasteiger charge is 2.18. The van der Waals surface area contributed by atoms with Gasteiger partial charge in [0.15, 0.2) is 0 Å². The number of carbonyl (C=O) groups is 2. The molecule has 2 N–H and O–H groups in total. The predicted octanol–water partition coefficient (Wildman–Crippen LogP) is 2.30. The van der Waals surface area contributed by atoms with Crippen LogP contribution in [0, 0.1) is 11.6 Å². The lowest BCUT2D eigenvalue weighted by molar-refractivity contribution is 0.0595. The third-order valence-corrected chi connectivity index (χ3v) is 4.31. The predicted molar refractivity (Wildman–Crippen MR) is 101 cm³/mol. The number of halogens is 2. The molecule has 154 valence electrons. The van der Waals surface area contributed by atoms with Crippen molar-refractivity contribution in [2.45, 2.75) is 6.54 Å². The fourth-order valence-electron chi connectivity index (χ4n) is 2.80. The van der Waals surface area contributed by atoms with Crippen LogP contribution in [0.2, 0.25) is 0 Å². The van der Waals surface area contributed by atoms with E-state index in [-0.39, 0.29) is 12.2 Å². The number of benzene rings is 1. The number of methoxy groups -OCH3 is 1. The van der Waals surface area contributed by atoms with Gasteiger partial charge in [0.05, 0.1) is 31.6 Å². The van der Waals surface area contributed by atoms with Crippen LogP contribution in [0.3, 0.4) is 0 Å². The second-order valence-corrected chi connectivity index (χ2v) is 6.23. The third kappa shape index (κ3) is 5.17. The first-order valence-corrected chi connectivity index (χ1v) is 8.87. The molecule has 1 fully saturated rings. The lowest BCUT2D eigenvalue weighted by atomic mass is 10.2. The van der Waals surface area contributed by atoms with Crippen molar-refractivity contribution in [2.75, 3.05) is 43.6 Å². The quantitative estimate of drug-likeness (QED) is 0.741. The number of morpholine rings is 1. The Morgan fingerprint density at radius 2 is 1.97 bits per heavy atom. The molecule has 0 unspecified atom stereocenters. The molecule has 1 aliphatic heterocycles. The maximum Gasteiger partial charge on any atom is 0.340 e. The number of aromatic nitrogens is 1. The largest absolute Gasteiger partial charge is 0.465 e. The second kappa shape index (κ2) is 9.28. The molecule has 0 atom stereocenters. The summed E-state index contributed by atoms with van der Waals surface area (Å²) < 4.78 is 37.4. The molecule has 3 rings (SSSR count). The maximum absolute atomic E-state index is 13.9. The number of nitrogens with zero attached hydrogens (tertiary/aromatic N) is 2. The number of hydrogen-bond acceptors (Lipinski definition) is 6. The molecule has 29 heavy (non-hydrogen) atoms. The van der Waals surface area contributed by atoms with Gasteiger partial charge in [-0.05, 0) is 23.8 Å². The number of pyridine rings is 1. The first-order valence-electron chi connectivity index (χ1n) is 8.87. The average Bonchev–Trinajstić information content (AvgIpc) is 2.74. The molecule has 2 heterocycles. The Bertz CT molecular complexity index is 904. The van der Waals surface area contributed by atoms with Gasteiger partial charge in [0.25, 0.3) is 0 Å². The zero-order valence-electron chi connectivity index (χ0n) is 15.7. The average molecular weight is 406 g/mol. The van der Waals surface area contributed by atoms with E-state index in [4.69, 9.17) is 4.74 Å². The highest BCUT2D eigenvalue weighted by Crippen LogP contribution is 2.20. The van der Waals surface area contributed by atoms with Gasteiger partial charge >= 0.3 is 12.0 Å². The molecule has 8 nitrogen and oxygen atoms in total. The molecule has 1 saturated heterocycles. The maximum atomic E-state index is 13.9. The second-order valence-electron chi connectivity index (χ2n) is 6.23. The minimum absolute atomic E-state index is 0.165. The molecule has 1 aromatic heterocycles. The van der Waals surface area contributed by atoms with Crippen LogP contribution in [0.5, 0.6) is 0 Å². The molecule has 1 aliphatic rings. The van der Waals surface area contributed by atoms with Gasteiger partial charge in [-0.15, -0.1) is 0 Å². The summed E-state index contributed by atoms with van der Waals surface area (Å²) >= 11 is 0. The fourth-order valence-corrected chi connectivity index (χ4v) is 2.80. The van der Waals surface area contributed by atoms with Crippen molar-refractivity contribution in [1.82, 2.24) is 10.3 Å². The Labute approximate surface area is 165 Å². The molecule has 0 aliphatic carbocycles. The van der Waals surface area contributed by atoms with Crippen LogP contribution in [0.1, 0.15) is 15.9 Å². The monoisotopic (exact) mass is 406 g/mol. The number of nitrogens with one attached hydrogen (secondary N) is 2. The summed E-state index contributed by atoms with van der Waals surface area (Å²) in [6.45, 7) is 2.89. The van der Waals surface area contributed by atoms with E-state index >= 15 is 0 Å². The summed E-state index contributed by atoms with van der Waals surface area (Å²) in [5.41, 5.74) is -0.0204. The van der Waals surface area contributed by atoms with E-state index in [9.17, 15) is 18.4 Å². The molecule has 0 spiro atoms. The first-order chi connectivity index (χ1) is 14.0. The van der Waals surface area contributed by atoms with Gasteiger partial charge in [0.1, 0.15) is 17.5 Å². The Morgan fingerprint density at radius 3 is 2.69 bits per heavy atom. The van der Waals surface area contributed by atoms with Crippen molar-refractivity contribution >= 4 is 23.5 Å². The van der Waals surface area contributed by atoms with Crippen molar-refractivity contribution in [2.24, 2.45) is 0 Å². The van der Waals surface area contributed by atoms with E-state index in [2.05, 4.69) is 25.3 Å². The van der Waals surface area contributed by atoms with Gasteiger partial charge < -0.3 is 25.0 Å². The molecular weight excluding hydrogens is 386 g/mol. The molecule has 2 aromatic rings. The number of urea groups is 1. The minimum Gasteiger partial charge on any atom is -0.465 e. The van der Waals surface area contributed by atoms with Crippen LogP contribution in [0.4, 0.5) is 25.1 Å². The Hall–Kier alpha value is -3.27. The lowest BCUT2D eigenvalue weighted by Gasteiger charge is -2.28. The van der Waals surface area contributed by atoms with Crippen LogP contribution in [0.15, 0.2) is 30.5 Å². The van der Waals surface area contributed by atoms with E-state index in [1.165, 1.54) is 0 Å². The summed E-state index contributed by atoms with van der Waals surface area (Å²) in [6, 6.07) is 4.28. The highest BCUT2D eigenvalue weighted by molar-refractivity contribution is 5.94. The zero-order valence-corrected chi connectivity index (χ0v) is 15.7. The topological polar surface area (TPSA) is 92.8 Å². The van der Waals surface area contributed by atoms with E-state index in [0.29, 0.717) is 19.3 Å². The summed E-state index contributed by atoms with van der Waals surface area (Å²) in [5, 5.41) is 4.85. The smallest absolute Gasteiger partial charge is 0.340 e. The number of esters is 1. The van der Waals surface area contributed by atoms with E-state index in [1.54, 1.807) is 12.3 Å². The Kier molecular flexibility index (Phi) is 6.55. The Balaban J connectivity index is 1.62. The summed E-state index contributed by atoms with van der Waals surface area (Å²) in [4.78, 5) is 30.0. The van der Waals surface area contributed by atoms with Crippen LogP contribution < -0.4 is 15.5 Å². The number of anilines is 2. The molecule has 0 radical (unpaired) electrons. The zero-order chi connectivity index (χ0) is 20.8. The lowest BCUT2D eigenvalue weighted by Crippen LogP contribution is -2.36. The molecule has 2 amide bonds. The normalized spacial score (nSPS) is 13.7. The number of amides is 2. The highest BCUT2D eigenvalue weighted by atomic mass is 19.1. The van der Waals surface area contributed by atoms with Gasteiger partial charge in [-0.25, -0.2) is 23.4 Å². The summed E-state index contributed by atoms with van der Waals surface area (Å²) in [7, 11) is 1.07. The number of ether oxygens (including phenoxy) is 2. The van der Waals surface area contributed by atoms with Crippen LogP contribution in [-0.4, -0.2) is 50.4 Å². The van der Waals surface area contributed by atoms with Gasteiger partial charge in [0, 0.05) is 31.9 Å². The van der Waals surface area contributed by atoms with E-state index < -0.39 is 29.2 Å². The summed E-state index contributed by atoms with van der Waals surface area (Å²) in [6.07, 6.45) is 1.64. The van der Waals surface area contributed by atoms with Gasteiger partial charge in [0.2, 0.25) is 0 Å². The van der Waals surface area contributed by atoms with E-state index in [1.807, 2.05) is 6.07 Å². The van der Waals surface area contributed by atoms with Gasteiger partial charge in [-0.2, -0.15) is 0 Å². The van der Waals surface area contributed by atoms with Crippen LogP contribution >= 0.6 is 0 Å². The van der Waals surface area contributed by atoms with Crippen molar-refractivity contribution in [3.8, 4) is 0 Å². The molecular formula is C19H20F2N4O4. The third-order valence-electron chi connectivity index (χ3n) is 4.31. The number of hydrogen-bond donors (Lipinski definition) is 2. The molecule has 10 heteroatoms. The van der Waals surface area contributed by atoms with Gasteiger partial charge in [-0.3, -0.25) is 0 Å². The van der Waals surface area contributed by atoms with Gasteiger partial charge in [-0.1, -0.05) is 0 Å². The standard InChI is InChI=1S/C19H20F2N4O4/c1-28-18(26)13-9-16(15(21)10-14(13)20)24-19(27)23-11-12-2-3-22-17(8-12)25-4-6-29-7-5-25/h2-3,8-10H,4-7,11H2,1H3,(H2,23,24,27). The van der Waals surface area contributed by atoms with Crippen molar-refractivity contribution in [1.29, 1.82) is 0 Å². The van der Waals surface area contributed by atoms with E-state index in [0.717, 1.165) is 37.6 Å². The molecule has 1 aromatic carbocycles. The fraction of sp³-hybridized carbons (Fsp3) is 0.316. The van der Waals surface area contributed by atoms with Crippen molar-refractivity contribution < 1.29 is 27.8 Å². The first kappa shape index (κ1) is 20.5. The number of rotatable bonds is 5. The molecule has 0 saturated carbocycles.